The summed E-state index contributed by atoms with van der Waals surface area (Å²) < 4.78 is 25.1. The van der Waals surface area contributed by atoms with Crippen molar-refractivity contribution in [3.05, 3.63) is 93.1 Å². The fourth-order valence-electron chi connectivity index (χ4n) is 3.94. The molecule has 37 heavy (non-hydrogen) atoms. The van der Waals surface area contributed by atoms with Crippen molar-refractivity contribution in [2.24, 2.45) is 4.99 Å². The van der Waals surface area contributed by atoms with E-state index in [2.05, 4.69) is 33.0 Å². The molecule has 2 aliphatic rings. The summed E-state index contributed by atoms with van der Waals surface area (Å²) in [7, 11) is 1.74. The molecular weight excluding hydrogens is 557 g/mol. The van der Waals surface area contributed by atoms with E-state index in [4.69, 9.17) is 14.5 Å². The Hall–Kier alpha value is -3.14. The zero-order valence-electron chi connectivity index (χ0n) is 20.2. The maximum Gasteiger partial charge on any atom is 0.266 e. The van der Waals surface area contributed by atoms with Crippen LogP contribution in [0.15, 0.2) is 81.1 Å². The highest BCUT2D eigenvalue weighted by molar-refractivity contribution is 9.10. The molecule has 190 valence electrons. The van der Waals surface area contributed by atoms with Gasteiger partial charge in [0.2, 0.25) is 0 Å². The van der Waals surface area contributed by atoms with E-state index >= 15 is 0 Å². The number of ether oxygens (including phenoxy) is 2. The molecule has 3 aromatic rings. The Balaban J connectivity index is 1.26. The molecule has 0 bridgehead atoms. The smallest absolute Gasteiger partial charge is 0.266 e. The molecule has 0 atom stereocenters. The van der Waals surface area contributed by atoms with Gasteiger partial charge in [-0.3, -0.25) is 9.69 Å². The number of morpholine rings is 1. The average Bonchev–Trinajstić information content (AvgIpc) is 3.17. The SMILES string of the molecule is CN1C(=O)/C(=C/c2ccc(OCc3ccc(F)cc3)c(Br)c2)SC1=Nc1ccc(N2CCOCC2)cc1. The first kappa shape index (κ1) is 25.5. The third-order valence-corrected chi connectivity index (χ3v) is 7.70. The fourth-order valence-corrected chi connectivity index (χ4v) is 5.44. The van der Waals surface area contributed by atoms with Gasteiger partial charge in [0, 0.05) is 25.8 Å². The van der Waals surface area contributed by atoms with Gasteiger partial charge in [-0.15, -0.1) is 0 Å². The van der Waals surface area contributed by atoms with Crippen LogP contribution in [0.2, 0.25) is 0 Å². The zero-order valence-corrected chi connectivity index (χ0v) is 22.6. The van der Waals surface area contributed by atoms with Crippen LogP contribution in [0.4, 0.5) is 15.8 Å². The lowest BCUT2D eigenvalue weighted by molar-refractivity contribution is -0.121. The molecule has 0 unspecified atom stereocenters. The molecular formula is C28H25BrFN3O3S. The zero-order chi connectivity index (χ0) is 25.8. The second-order valence-corrected chi connectivity index (χ2v) is 10.5. The quantitative estimate of drug-likeness (QED) is 0.323. The number of carbonyl (C=O) groups excluding carboxylic acids is 1. The Labute approximate surface area is 227 Å². The van der Waals surface area contributed by atoms with Crippen molar-refractivity contribution in [3.8, 4) is 5.75 Å². The molecule has 0 radical (unpaired) electrons. The number of amides is 1. The summed E-state index contributed by atoms with van der Waals surface area (Å²) in [5.41, 5.74) is 3.68. The number of carbonyl (C=O) groups is 1. The Morgan fingerprint density at radius 1 is 1.08 bits per heavy atom. The van der Waals surface area contributed by atoms with E-state index in [9.17, 15) is 9.18 Å². The van der Waals surface area contributed by atoms with Gasteiger partial charge in [-0.25, -0.2) is 9.38 Å². The van der Waals surface area contributed by atoms with Crippen molar-refractivity contribution in [1.82, 2.24) is 4.90 Å². The largest absolute Gasteiger partial charge is 0.488 e. The highest BCUT2D eigenvalue weighted by atomic mass is 79.9. The lowest BCUT2D eigenvalue weighted by Gasteiger charge is -2.28. The van der Waals surface area contributed by atoms with Gasteiger partial charge in [0.25, 0.3) is 5.91 Å². The number of anilines is 1. The van der Waals surface area contributed by atoms with Crippen LogP contribution < -0.4 is 9.64 Å². The van der Waals surface area contributed by atoms with E-state index in [0.717, 1.165) is 53.3 Å². The number of benzene rings is 3. The Bertz CT molecular complexity index is 1340. The van der Waals surface area contributed by atoms with Gasteiger partial charge in [0.05, 0.1) is 28.3 Å². The molecule has 5 rings (SSSR count). The molecule has 9 heteroatoms. The Kier molecular flexibility index (Phi) is 7.93. The molecule has 0 N–H and O–H groups in total. The van der Waals surface area contributed by atoms with Crippen molar-refractivity contribution in [1.29, 1.82) is 0 Å². The van der Waals surface area contributed by atoms with E-state index in [1.165, 1.54) is 23.9 Å². The summed E-state index contributed by atoms with van der Waals surface area (Å²) in [6.07, 6.45) is 1.85. The van der Waals surface area contributed by atoms with E-state index in [1.54, 1.807) is 24.1 Å². The summed E-state index contributed by atoms with van der Waals surface area (Å²) in [6, 6.07) is 19.9. The molecule has 0 aromatic heterocycles. The molecule has 0 saturated carbocycles. The van der Waals surface area contributed by atoms with Crippen molar-refractivity contribution in [3.63, 3.8) is 0 Å². The third-order valence-electron chi connectivity index (χ3n) is 6.02. The number of amidine groups is 1. The summed E-state index contributed by atoms with van der Waals surface area (Å²) in [5, 5.41) is 0.633. The second-order valence-electron chi connectivity index (χ2n) is 8.59. The van der Waals surface area contributed by atoms with E-state index in [1.807, 2.05) is 36.4 Å². The van der Waals surface area contributed by atoms with Crippen molar-refractivity contribution >= 4 is 56.2 Å². The summed E-state index contributed by atoms with van der Waals surface area (Å²) in [5.74, 6) is 0.292. The molecule has 0 aliphatic carbocycles. The first-order chi connectivity index (χ1) is 18.0. The van der Waals surface area contributed by atoms with Crippen LogP contribution in [-0.2, 0) is 16.1 Å². The standard InChI is InChI=1S/C28H25BrFN3O3S/c1-32-27(34)26(37-28(32)31-22-7-9-23(10-8-22)33-12-14-35-15-13-33)17-20-4-11-25(24(29)16-20)36-18-19-2-5-21(30)6-3-19/h2-11,16-17H,12-15,18H2,1H3/b26-17-,31-28?. The van der Waals surface area contributed by atoms with Gasteiger partial charge in [0.1, 0.15) is 18.2 Å². The summed E-state index contributed by atoms with van der Waals surface area (Å²) >= 11 is 4.90. The number of likely N-dealkylation sites (N-methyl/N-ethyl adjacent to an activating group) is 1. The van der Waals surface area contributed by atoms with E-state index < -0.39 is 0 Å². The van der Waals surface area contributed by atoms with E-state index in [-0.39, 0.29) is 11.7 Å². The normalized spacial score (nSPS) is 18.2. The average molecular weight is 582 g/mol. The Morgan fingerprint density at radius 3 is 2.51 bits per heavy atom. The maximum atomic E-state index is 13.1. The van der Waals surface area contributed by atoms with Crippen molar-refractivity contribution in [2.75, 3.05) is 38.3 Å². The van der Waals surface area contributed by atoms with Gasteiger partial charge in [0.15, 0.2) is 5.17 Å². The second kappa shape index (κ2) is 11.5. The molecule has 3 aromatic carbocycles. The summed E-state index contributed by atoms with van der Waals surface area (Å²) in [6.45, 7) is 3.57. The van der Waals surface area contributed by atoms with Crippen LogP contribution in [-0.4, -0.2) is 49.3 Å². The number of hydrogen-bond donors (Lipinski definition) is 0. The topological polar surface area (TPSA) is 54.4 Å². The molecule has 6 nitrogen and oxygen atoms in total. The third kappa shape index (κ3) is 6.23. The number of aliphatic imine (C=N–C) groups is 1. The predicted octanol–water partition coefficient (Wildman–Crippen LogP) is 6.24. The molecule has 1 amide bonds. The van der Waals surface area contributed by atoms with Gasteiger partial charge in [-0.1, -0.05) is 18.2 Å². The number of hydrogen-bond acceptors (Lipinski definition) is 6. The van der Waals surface area contributed by atoms with Crippen molar-refractivity contribution in [2.45, 2.75) is 6.61 Å². The van der Waals surface area contributed by atoms with Crippen LogP contribution in [0.5, 0.6) is 5.75 Å². The summed E-state index contributed by atoms with van der Waals surface area (Å²) in [4.78, 5) is 22.0. The number of rotatable bonds is 6. The maximum absolute atomic E-state index is 13.1. The van der Waals surface area contributed by atoms with Gasteiger partial charge >= 0.3 is 0 Å². The highest BCUT2D eigenvalue weighted by Crippen LogP contribution is 2.35. The number of thioether (sulfide) groups is 1. The minimum Gasteiger partial charge on any atom is -0.488 e. The minimum absolute atomic E-state index is 0.0959. The van der Waals surface area contributed by atoms with Gasteiger partial charge in [-0.05, 0) is 93.4 Å². The Morgan fingerprint density at radius 2 is 1.81 bits per heavy atom. The first-order valence-corrected chi connectivity index (χ1v) is 13.4. The van der Waals surface area contributed by atoms with E-state index in [0.29, 0.717) is 22.4 Å². The van der Waals surface area contributed by atoms with Crippen LogP contribution >= 0.6 is 27.7 Å². The molecule has 2 saturated heterocycles. The fraction of sp³-hybridized carbons (Fsp3) is 0.214. The van der Waals surface area contributed by atoms with Crippen molar-refractivity contribution < 1.29 is 18.7 Å². The van der Waals surface area contributed by atoms with Gasteiger partial charge < -0.3 is 14.4 Å². The number of nitrogens with zero attached hydrogens (tertiary/aromatic N) is 3. The minimum atomic E-state index is -0.276. The molecule has 0 spiro atoms. The first-order valence-electron chi connectivity index (χ1n) is 11.8. The molecule has 2 heterocycles. The van der Waals surface area contributed by atoms with Crippen LogP contribution in [0, 0.1) is 5.82 Å². The lowest BCUT2D eigenvalue weighted by atomic mass is 10.2. The van der Waals surface area contributed by atoms with Crippen LogP contribution in [0.3, 0.4) is 0 Å². The monoisotopic (exact) mass is 581 g/mol. The number of halogens is 2. The van der Waals surface area contributed by atoms with Crippen LogP contribution in [0.25, 0.3) is 6.08 Å². The van der Waals surface area contributed by atoms with Gasteiger partial charge in [-0.2, -0.15) is 0 Å². The highest BCUT2D eigenvalue weighted by Gasteiger charge is 2.30. The molecule has 2 aliphatic heterocycles. The predicted molar refractivity (Wildman–Crippen MR) is 150 cm³/mol. The molecule has 2 fully saturated rings. The van der Waals surface area contributed by atoms with Crippen LogP contribution in [0.1, 0.15) is 11.1 Å². The lowest BCUT2D eigenvalue weighted by Crippen LogP contribution is -2.36.